The molecule has 1 aliphatic heterocycles. The molecule has 27 heavy (non-hydrogen) atoms. The summed E-state index contributed by atoms with van der Waals surface area (Å²) in [6, 6.07) is 10.1. The third-order valence-corrected chi connectivity index (χ3v) is 4.37. The van der Waals surface area contributed by atoms with Gasteiger partial charge in [-0.2, -0.15) is 0 Å². The van der Waals surface area contributed by atoms with Gasteiger partial charge in [0, 0.05) is 12.0 Å². The summed E-state index contributed by atoms with van der Waals surface area (Å²) >= 11 is 0. The van der Waals surface area contributed by atoms with E-state index in [0.717, 1.165) is 0 Å². The summed E-state index contributed by atoms with van der Waals surface area (Å²) in [4.78, 5) is 25.1. The van der Waals surface area contributed by atoms with Gasteiger partial charge >= 0.3 is 5.97 Å². The third kappa shape index (κ3) is 3.81. The number of esters is 1. The number of ether oxygens (including phenoxy) is 5. The van der Waals surface area contributed by atoms with E-state index in [9.17, 15) is 9.59 Å². The standard InChI is InChI=1S/C20H20O7/c1-23-14-6-4-12(5-7-14)15(20(22)25-3)10-16(21)13-8-17(24-2)19-18(9-13)26-11-27-19/h4-9,15H,10-11H2,1-3H3. The van der Waals surface area contributed by atoms with Crippen LogP contribution in [0.5, 0.6) is 23.0 Å². The Kier molecular flexibility index (Phi) is 5.49. The molecule has 2 aromatic rings. The van der Waals surface area contributed by atoms with Crippen LogP contribution in [-0.4, -0.2) is 39.9 Å². The van der Waals surface area contributed by atoms with Gasteiger partial charge < -0.3 is 23.7 Å². The summed E-state index contributed by atoms with van der Waals surface area (Å²) in [6.07, 6.45) is -0.0538. The van der Waals surface area contributed by atoms with Crippen molar-refractivity contribution >= 4 is 11.8 Å². The summed E-state index contributed by atoms with van der Waals surface area (Å²) in [5.74, 6) is 0.524. The van der Waals surface area contributed by atoms with E-state index < -0.39 is 11.9 Å². The Morgan fingerprint density at radius 2 is 1.78 bits per heavy atom. The molecule has 1 atom stereocenters. The Labute approximate surface area is 156 Å². The van der Waals surface area contributed by atoms with Gasteiger partial charge in [0.05, 0.1) is 27.2 Å². The van der Waals surface area contributed by atoms with Crippen LogP contribution in [0.1, 0.15) is 28.3 Å². The van der Waals surface area contributed by atoms with E-state index in [2.05, 4.69) is 0 Å². The first-order valence-electron chi connectivity index (χ1n) is 8.30. The lowest BCUT2D eigenvalue weighted by atomic mass is 9.91. The number of methoxy groups -OCH3 is 3. The lowest BCUT2D eigenvalue weighted by Crippen LogP contribution is -2.18. The lowest BCUT2D eigenvalue weighted by Gasteiger charge is -2.15. The van der Waals surface area contributed by atoms with Gasteiger partial charge in [-0.25, -0.2) is 0 Å². The molecule has 0 spiro atoms. The van der Waals surface area contributed by atoms with Crippen molar-refractivity contribution in [1.29, 1.82) is 0 Å². The van der Waals surface area contributed by atoms with Crippen molar-refractivity contribution in [3.05, 3.63) is 47.5 Å². The molecule has 1 unspecified atom stereocenters. The van der Waals surface area contributed by atoms with Crippen LogP contribution in [0.4, 0.5) is 0 Å². The van der Waals surface area contributed by atoms with E-state index in [1.807, 2.05) is 0 Å². The van der Waals surface area contributed by atoms with Crippen molar-refractivity contribution in [3.8, 4) is 23.0 Å². The number of benzene rings is 2. The first-order chi connectivity index (χ1) is 13.1. The molecule has 1 aliphatic rings. The zero-order chi connectivity index (χ0) is 19.4. The van der Waals surface area contributed by atoms with E-state index in [-0.39, 0.29) is 19.0 Å². The Balaban J connectivity index is 1.87. The van der Waals surface area contributed by atoms with Gasteiger partial charge in [0.2, 0.25) is 12.5 Å². The molecule has 1 heterocycles. The van der Waals surface area contributed by atoms with Gasteiger partial charge in [-0.05, 0) is 29.8 Å². The number of rotatable bonds is 7. The maximum Gasteiger partial charge on any atom is 0.313 e. The SMILES string of the molecule is COC(=O)C(CC(=O)c1cc(OC)c2c(c1)OCO2)c1ccc(OC)cc1. The van der Waals surface area contributed by atoms with Crippen molar-refractivity contribution in [1.82, 2.24) is 0 Å². The number of Topliss-reactive ketones (excluding diaryl/α,β-unsaturated/α-hetero) is 1. The molecule has 0 bridgehead atoms. The molecule has 2 aromatic carbocycles. The summed E-state index contributed by atoms with van der Waals surface area (Å²) in [7, 11) is 4.34. The molecule has 0 radical (unpaired) electrons. The normalized spacial score (nSPS) is 13.0. The smallest absolute Gasteiger partial charge is 0.313 e. The number of hydrogen-bond donors (Lipinski definition) is 0. The van der Waals surface area contributed by atoms with Crippen LogP contribution in [0.15, 0.2) is 36.4 Å². The summed E-state index contributed by atoms with van der Waals surface area (Å²) in [5.41, 5.74) is 1.04. The first kappa shape index (κ1) is 18.6. The molecule has 0 fully saturated rings. The van der Waals surface area contributed by atoms with Gasteiger partial charge in [-0.1, -0.05) is 12.1 Å². The number of ketones is 1. The van der Waals surface area contributed by atoms with Crippen LogP contribution in [0, 0.1) is 0 Å². The van der Waals surface area contributed by atoms with E-state index in [1.54, 1.807) is 43.5 Å². The van der Waals surface area contributed by atoms with Gasteiger partial charge in [-0.15, -0.1) is 0 Å². The Bertz CT molecular complexity index is 842. The van der Waals surface area contributed by atoms with E-state index in [0.29, 0.717) is 34.1 Å². The molecular weight excluding hydrogens is 352 g/mol. The fourth-order valence-corrected chi connectivity index (χ4v) is 2.91. The van der Waals surface area contributed by atoms with Crippen molar-refractivity contribution in [2.45, 2.75) is 12.3 Å². The van der Waals surface area contributed by atoms with Crippen molar-refractivity contribution in [2.75, 3.05) is 28.1 Å². The fourth-order valence-electron chi connectivity index (χ4n) is 2.91. The molecule has 142 valence electrons. The average molecular weight is 372 g/mol. The van der Waals surface area contributed by atoms with Crippen molar-refractivity contribution in [2.24, 2.45) is 0 Å². The van der Waals surface area contributed by atoms with Gasteiger partial charge in [-0.3, -0.25) is 9.59 Å². The van der Waals surface area contributed by atoms with Crippen molar-refractivity contribution in [3.63, 3.8) is 0 Å². The quantitative estimate of drug-likeness (QED) is 0.546. The van der Waals surface area contributed by atoms with E-state index >= 15 is 0 Å². The van der Waals surface area contributed by atoms with Gasteiger partial charge in [0.1, 0.15) is 5.75 Å². The summed E-state index contributed by atoms with van der Waals surface area (Å²) in [6.45, 7) is 0.0694. The first-order valence-corrected chi connectivity index (χ1v) is 8.30. The molecule has 0 saturated heterocycles. The van der Waals surface area contributed by atoms with Gasteiger partial charge in [0.25, 0.3) is 0 Å². The molecule has 3 rings (SSSR count). The number of fused-ring (bicyclic) bond motifs is 1. The third-order valence-electron chi connectivity index (χ3n) is 4.37. The predicted octanol–water partition coefficient (Wildman–Crippen LogP) is 2.96. The van der Waals surface area contributed by atoms with Crippen LogP contribution >= 0.6 is 0 Å². The minimum Gasteiger partial charge on any atom is -0.497 e. The van der Waals surface area contributed by atoms with Crippen LogP contribution in [-0.2, 0) is 9.53 Å². The van der Waals surface area contributed by atoms with E-state index in [1.165, 1.54) is 14.2 Å². The average Bonchev–Trinajstić information content (AvgIpc) is 3.19. The second-order valence-electron chi connectivity index (χ2n) is 5.89. The molecule has 7 nitrogen and oxygen atoms in total. The topological polar surface area (TPSA) is 80.3 Å². The largest absolute Gasteiger partial charge is 0.497 e. The predicted molar refractivity (Wildman–Crippen MR) is 95.8 cm³/mol. The zero-order valence-corrected chi connectivity index (χ0v) is 15.3. The second kappa shape index (κ2) is 7.99. The minimum atomic E-state index is -0.732. The van der Waals surface area contributed by atoms with Crippen LogP contribution in [0.3, 0.4) is 0 Å². The highest BCUT2D eigenvalue weighted by molar-refractivity contribution is 6.00. The number of hydrogen-bond acceptors (Lipinski definition) is 7. The maximum atomic E-state index is 12.9. The van der Waals surface area contributed by atoms with E-state index in [4.69, 9.17) is 23.7 Å². The van der Waals surface area contributed by atoms with Crippen LogP contribution < -0.4 is 18.9 Å². The van der Waals surface area contributed by atoms with Crippen LogP contribution in [0.25, 0.3) is 0 Å². The molecule has 0 amide bonds. The summed E-state index contributed by atoms with van der Waals surface area (Å²) in [5, 5.41) is 0. The Hall–Kier alpha value is -3.22. The zero-order valence-electron chi connectivity index (χ0n) is 15.3. The highest BCUT2D eigenvalue weighted by Gasteiger charge is 2.28. The highest BCUT2D eigenvalue weighted by atomic mass is 16.7. The molecule has 0 aliphatic carbocycles. The minimum absolute atomic E-state index is 0.0538. The molecule has 0 saturated carbocycles. The number of carbonyl (C=O) groups is 2. The molecule has 0 aromatic heterocycles. The van der Waals surface area contributed by atoms with Gasteiger partial charge in [0.15, 0.2) is 17.3 Å². The molecule has 7 heteroatoms. The lowest BCUT2D eigenvalue weighted by molar-refractivity contribution is -0.142. The summed E-state index contributed by atoms with van der Waals surface area (Å²) < 4.78 is 26.0. The fraction of sp³-hybridized carbons (Fsp3) is 0.300. The number of carbonyl (C=O) groups excluding carboxylic acids is 2. The Morgan fingerprint density at radius 1 is 1.04 bits per heavy atom. The monoisotopic (exact) mass is 372 g/mol. The second-order valence-corrected chi connectivity index (χ2v) is 5.89. The maximum absolute atomic E-state index is 12.9. The van der Waals surface area contributed by atoms with Crippen LogP contribution in [0.2, 0.25) is 0 Å². The molecule has 0 N–H and O–H groups in total. The molecular formula is C20H20O7. The van der Waals surface area contributed by atoms with Crippen molar-refractivity contribution < 1.29 is 33.3 Å². The highest BCUT2D eigenvalue weighted by Crippen LogP contribution is 2.42. The Morgan fingerprint density at radius 3 is 2.41 bits per heavy atom.